The minimum Gasteiger partial charge on any atom is -0.323 e. The third-order valence-corrected chi connectivity index (χ3v) is 1.91. The third kappa shape index (κ3) is 2.57. The van der Waals surface area contributed by atoms with Crippen LogP contribution in [0.25, 0.3) is 0 Å². The predicted octanol–water partition coefficient (Wildman–Crippen LogP) is 0.588. The van der Waals surface area contributed by atoms with Crippen LogP contribution in [0.3, 0.4) is 0 Å². The molecule has 0 unspecified atom stereocenters. The molecule has 0 bridgehead atoms. The molecule has 0 heterocycles. The molecular formula is C11H10N4O. The molecule has 1 amide bonds. The molecule has 80 valence electrons. The lowest BCUT2D eigenvalue weighted by Crippen LogP contribution is -2.25. The summed E-state index contributed by atoms with van der Waals surface area (Å²) in [5.74, 6) is -0.290. The number of likely N-dealkylation sites (N-methyl/N-ethyl adjacent to an activating group) is 1. The van der Waals surface area contributed by atoms with Crippen LogP contribution in [-0.2, 0) is 4.79 Å². The van der Waals surface area contributed by atoms with Crippen LogP contribution in [0, 0.1) is 22.7 Å². The van der Waals surface area contributed by atoms with Gasteiger partial charge in [0.05, 0.1) is 23.4 Å². The van der Waals surface area contributed by atoms with Crippen LogP contribution in [0.1, 0.15) is 11.1 Å². The summed E-state index contributed by atoms with van der Waals surface area (Å²) in [6.45, 7) is 0.130. The van der Waals surface area contributed by atoms with Crippen molar-refractivity contribution in [2.75, 3.05) is 18.9 Å². The van der Waals surface area contributed by atoms with Crippen molar-refractivity contribution in [1.29, 1.82) is 10.5 Å². The molecule has 2 N–H and O–H groups in total. The van der Waals surface area contributed by atoms with E-state index in [0.717, 1.165) is 0 Å². The fraction of sp³-hybridized carbons (Fsp3) is 0.182. The number of carbonyl (C=O) groups excluding carboxylic acids is 1. The van der Waals surface area contributed by atoms with Gasteiger partial charge in [-0.3, -0.25) is 4.79 Å². The molecule has 5 heteroatoms. The minimum absolute atomic E-state index is 0.130. The van der Waals surface area contributed by atoms with E-state index in [1.165, 1.54) is 0 Å². The largest absolute Gasteiger partial charge is 0.323 e. The van der Waals surface area contributed by atoms with Crippen molar-refractivity contribution in [3.05, 3.63) is 29.3 Å². The first-order chi connectivity index (χ1) is 7.72. The first-order valence-corrected chi connectivity index (χ1v) is 4.60. The van der Waals surface area contributed by atoms with Crippen LogP contribution in [0.15, 0.2) is 18.2 Å². The van der Waals surface area contributed by atoms with E-state index in [9.17, 15) is 4.79 Å². The molecule has 0 atom stereocenters. The van der Waals surface area contributed by atoms with Gasteiger partial charge in [-0.05, 0) is 19.2 Å². The maximum atomic E-state index is 11.4. The Balaban J connectivity index is 3.07. The second-order valence-corrected chi connectivity index (χ2v) is 3.03. The number of hydrogen-bond donors (Lipinski definition) is 2. The number of hydrogen-bond acceptors (Lipinski definition) is 4. The van der Waals surface area contributed by atoms with E-state index in [4.69, 9.17) is 10.5 Å². The van der Waals surface area contributed by atoms with Crippen LogP contribution >= 0.6 is 0 Å². The number of para-hydroxylation sites is 1. The SMILES string of the molecule is CNCC(=O)Nc1c(C#N)cccc1C#N. The molecular weight excluding hydrogens is 204 g/mol. The highest BCUT2D eigenvalue weighted by Crippen LogP contribution is 2.19. The predicted molar refractivity (Wildman–Crippen MR) is 58.4 cm³/mol. The molecule has 0 aliphatic heterocycles. The topological polar surface area (TPSA) is 88.7 Å². The maximum absolute atomic E-state index is 11.4. The van der Waals surface area contributed by atoms with Crippen LogP contribution in [-0.4, -0.2) is 19.5 Å². The molecule has 0 saturated carbocycles. The number of carbonyl (C=O) groups is 1. The highest BCUT2D eigenvalue weighted by Gasteiger charge is 2.10. The maximum Gasteiger partial charge on any atom is 0.238 e. The fourth-order valence-corrected chi connectivity index (χ4v) is 1.22. The number of rotatable bonds is 3. The summed E-state index contributed by atoms with van der Waals surface area (Å²) in [5, 5.41) is 22.9. The summed E-state index contributed by atoms with van der Waals surface area (Å²) in [6.07, 6.45) is 0. The molecule has 0 spiro atoms. The minimum atomic E-state index is -0.290. The Bertz CT molecular complexity index is 449. The normalized spacial score (nSPS) is 8.94. The van der Waals surface area contributed by atoms with Gasteiger partial charge in [0.1, 0.15) is 12.1 Å². The molecule has 1 rings (SSSR count). The van der Waals surface area contributed by atoms with Crippen LogP contribution in [0.4, 0.5) is 5.69 Å². The van der Waals surface area contributed by atoms with Gasteiger partial charge in [0.2, 0.25) is 5.91 Å². The second-order valence-electron chi connectivity index (χ2n) is 3.03. The zero-order chi connectivity index (χ0) is 12.0. The van der Waals surface area contributed by atoms with E-state index in [2.05, 4.69) is 10.6 Å². The van der Waals surface area contributed by atoms with E-state index >= 15 is 0 Å². The van der Waals surface area contributed by atoms with Crippen molar-refractivity contribution in [2.45, 2.75) is 0 Å². The summed E-state index contributed by atoms with van der Waals surface area (Å²) in [5.41, 5.74) is 0.833. The van der Waals surface area contributed by atoms with E-state index in [0.29, 0.717) is 0 Å². The number of amides is 1. The molecule has 1 aromatic rings. The van der Waals surface area contributed by atoms with Gasteiger partial charge in [0, 0.05) is 0 Å². The zero-order valence-electron chi connectivity index (χ0n) is 8.74. The lowest BCUT2D eigenvalue weighted by atomic mass is 10.1. The molecule has 0 aromatic heterocycles. The van der Waals surface area contributed by atoms with Crippen molar-refractivity contribution >= 4 is 11.6 Å². The van der Waals surface area contributed by atoms with Crippen molar-refractivity contribution in [3.8, 4) is 12.1 Å². The molecule has 1 aromatic carbocycles. The standard InChI is InChI=1S/C11H10N4O/c1-14-7-10(16)15-11-8(5-12)3-2-4-9(11)6-13/h2-4,14H,7H2,1H3,(H,15,16). The average Bonchev–Trinajstić information content (AvgIpc) is 2.29. The number of nitriles is 2. The lowest BCUT2D eigenvalue weighted by Gasteiger charge is -2.08. The van der Waals surface area contributed by atoms with E-state index < -0.39 is 0 Å². The highest BCUT2D eigenvalue weighted by atomic mass is 16.1. The molecule has 0 aliphatic carbocycles. The number of nitrogens with one attached hydrogen (secondary N) is 2. The van der Waals surface area contributed by atoms with Crippen molar-refractivity contribution in [2.24, 2.45) is 0 Å². The number of benzene rings is 1. The summed E-state index contributed by atoms with van der Waals surface area (Å²) < 4.78 is 0. The zero-order valence-corrected chi connectivity index (χ0v) is 8.74. The fourth-order valence-electron chi connectivity index (χ4n) is 1.22. The first kappa shape index (κ1) is 11.7. The summed E-state index contributed by atoms with van der Waals surface area (Å²) in [6, 6.07) is 8.57. The van der Waals surface area contributed by atoms with Crippen molar-refractivity contribution < 1.29 is 4.79 Å². The Morgan fingerprint density at radius 3 is 2.31 bits per heavy atom. The second kappa shape index (κ2) is 5.50. The Labute approximate surface area is 93.3 Å². The average molecular weight is 214 g/mol. The van der Waals surface area contributed by atoms with Gasteiger partial charge in [-0.1, -0.05) is 6.07 Å². The van der Waals surface area contributed by atoms with E-state index in [-0.39, 0.29) is 29.3 Å². The van der Waals surface area contributed by atoms with Gasteiger partial charge < -0.3 is 10.6 Å². The van der Waals surface area contributed by atoms with E-state index in [1.807, 2.05) is 12.1 Å². The smallest absolute Gasteiger partial charge is 0.238 e. The van der Waals surface area contributed by atoms with Crippen LogP contribution in [0.2, 0.25) is 0 Å². The number of anilines is 1. The summed E-state index contributed by atoms with van der Waals surface area (Å²) >= 11 is 0. The Morgan fingerprint density at radius 1 is 1.31 bits per heavy atom. The third-order valence-electron chi connectivity index (χ3n) is 1.91. The van der Waals surface area contributed by atoms with Crippen LogP contribution < -0.4 is 10.6 Å². The molecule has 16 heavy (non-hydrogen) atoms. The molecule has 5 nitrogen and oxygen atoms in total. The van der Waals surface area contributed by atoms with Gasteiger partial charge in [-0.25, -0.2) is 0 Å². The highest BCUT2D eigenvalue weighted by molar-refractivity contribution is 5.95. The molecule has 0 fully saturated rings. The molecule has 0 saturated heterocycles. The summed E-state index contributed by atoms with van der Waals surface area (Å²) in [7, 11) is 1.64. The molecule has 0 radical (unpaired) electrons. The monoisotopic (exact) mass is 214 g/mol. The Hall–Kier alpha value is -2.37. The van der Waals surface area contributed by atoms with Crippen molar-refractivity contribution in [3.63, 3.8) is 0 Å². The number of nitrogens with zero attached hydrogens (tertiary/aromatic N) is 2. The van der Waals surface area contributed by atoms with Gasteiger partial charge in [0.15, 0.2) is 0 Å². The van der Waals surface area contributed by atoms with Gasteiger partial charge in [-0.2, -0.15) is 10.5 Å². The summed E-state index contributed by atoms with van der Waals surface area (Å²) in [4.78, 5) is 11.4. The molecule has 0 aliphatic rings. The van der Waals surface area contributed by atoms with Gasteiger partial charge in [0.25, 0.3) is 0 Å². The quantitative estimate of drug-likeness (QED) is 0.770. The first-order valence-electron chi connectivity index (χ1n) is 4.60. The van der Waals surface area contributed by atoms with E-state index in [1.54, 1.807) is 25.2 Å². The van der Waals surface area contributed by atoms with Crippen LogP contribution in [0.5, 0.6) is 0 Å². The van der Waals surface area contributed by atoms with Gasteiger partial charge in [-0.15, -0.1) is 0 Å². The Kier molecular flexibility index (Phi) is 4.02. The van der Waals surface area contributed by atoms with Crippen molar-refractivity contribution in [1.82, 2.24) is 5.32 Å². The Morgan fingerprint density at radius 2 is 1.88 bits per heavy atom. The van der Waals surface area contributed by atoms with Gasteiger partial charge >= 0.3 is 0 Å². The lowest BCUT2D eigenvalue weighted by molar-refractivity contribution is -0.115.